The molecule has 39 heavy (non-hydrogen) atoms. The summed E-state index contributed by atoms with van der Waals surface area (Å²) in [5, 5.41) is 22.3. The van der Waals surface area contributed by atoms with Gasteiger partial charge in [0.2, 0.25) is 11.8 Å². The molecular weight excluding hydrogens is 496 g/mol. The number of aliphatic hydroxyl groups is 1. The molecule has 0 bridgehead atoms. The van der Waals surface area contributed by atoms with Gasteiger partial charge in [0.15, 0.2) is 11.5 Å². The van der Waals surface area contributed by atoms with Gasteiger partial charge in [-0.3, -0.25) is 9.59 Å². The number of carbonyl (C=O) groups is 2. The lowest BCUT2D eigenvalue weighted by atomic mass is 9.85. The van der Waals surface area contributed by atoms with Gasteiger partial charge in [-0.25, -0.2) is 9.67 Å². The first kappa shape index (κ1) is 26.0. The zero-order valence-electron chi connectivity index (χ0n) is 22.9. The van der Waals surface area contributed by atoms with Crippen LogP contribution >= 0.6 is 0 Å². The number of aromatic nitrogens is 4. The van der Waals surface area contributed by atoms with Crippen LogP contribution in [0.4, 0.5) is 0 Å². The average Bonchev–Trinajstić information content (AvgIpc) is 3.29. The summed E-state index contributed by atoms with van der Waals surface area (Å²) in [6, 6.07) is 6.47. The van der Waals surface area contributed by atoms with Crippen molar-refractivity contribution in [1.82, 2.24) is 30.2 Å². The van der Waals surface area contributed by atoms with Crippen molar-refractivity contribution in [2.75, 3.05) is 6.54 Å². The lowest BCUT2D eigenvalue weighted by molar-refractivity contribution is -0.144. The molecule has 2 aromatic heterocycles. The Morgan fingerprint density at radius 2 is 1.79 bits per heavy atom. The number of benzene rings is 1. The van der Waals surface area contributed by atoms with E-state index >= 15 is 0 Å². The summed E-state index contributed by atoms with van der Waals surface area (Å²) in [5.74, 6) is 1.02. The molecular formula is C29H38N6O4. The van der Waals surface area contributed by atoms with Crippen LogP contribution in [0.15, 0.2) is 34.9 Å². The van der Waals surface area contributed by atoms with Crippen molar-refractivity contribution in [3.63, 3.8) is 0 Å². The fourth-order valence-corrected chi connectivity index (χ4v) is 6.17. The summed E-state index contributed by atoms with van der Waals surface area (Å²) in [4.78, 5) is 33.6. The molecule has 10 heteroatoms. The van der Waals surface area contributed by atoms with E-state index in [4.69, 9.17) is 4.42 Å². The highest BCUT2D eigenvalue weighted by atomic mass is 16.3. The minimum atomic E-state index is -0.738. The van der Waals surface area contributed by atoms with E-state index in [9.17, 15) is 14.7 Å². The van der Waals surface area contributed by atoms with Crippen LogP contribution in [0.2, 0.25) is 0 Å². The van der Waals surface area contributed by atoms with Gasteiger partial charge in [-0.05, 0) is 56.1 Å². The van der Waals surface area contributed by atoms with Crippen molar-refractivity contribution < 1.29 is 19.1 Å². The fourth-order valence-electron chi connectivity index (χ4n) is 6.17. The standard InChI is InChI=1S/C29H38N6O4/c1-29(2,3)25(35-16-22(32-33-35)17-8-9-17)28(38)34-15-20(36)14-23(34)26(37)30-19-12-10-18(11-13-19)27-31-21-6-4-5-7-24(21)39-27/h4-7,16-20,23,25,36H,8-15H2,1-3H3,(H,30,37)/t18?,19?,20-,23+,25-/m1/s1. The Kier molecular flexibility index (Phi) is 6.69. The second-order valence-corrected chi connectivity index (χ2v) is 12.6. The van der Waals surface area contributed by atoms with Crippen LogP contribution in [0.5, 0.6) is 0 Å². The molecule has 3 aliphatic rings. The third kappa shape index (κ3) is 5.31. The molecule has 1 saturated heterocycles. The predicted octanol–water partition coefficient (Wildman–Crippen LogP) is 3.69. The van der Waals surface area contributed by atoms with E-state index in [0.717, 1.165) is 61.2 Å². The molecule has 3 aromatic rings. The number of para-hydroxylation sites is 2. The summed E-state index contributed by atoms with van der Waals surface area (Å²) in [6.45, 7) is 6.11. The molecule has 0 spiro atoms. The number of fused-ring (bicyclic) bond motifs is 1. The zero-order valence-corrected chi connectivity index (χ0v) is 22.9. The third-order valence-corrected chi connectivity index (χ3v) is 8.44. The second kappa shape index (κ2) is 10.0. The number of amides is 2. The SMILES string of the molecule is CC(C)(C)[C@@H](C(=O)N1C[C@H](O)C[C@H]1C(=O)NC1CCC(c2nc3ccccc3o2)CC1)n1cc(C2CC2)nn1. The summed E-state index contributed by atoms with van der Waals surface area (Å²) < 4.78 is 7.64. The fraction of sp³-hybridized carbons (Fsp3) is 0.621. The molecule has 1 aromatic carbocycles. The number of β-amino-alcohol motifs (C(OH)–C–C–N with tert-alkyl or cyclic N) is 1. The van der Waals surface area contributed by atoms with Crippen LogP contribution in [0.1, 0.15) is 95.2 Å². The molecule has 0 unspecified atom stereocenters. The van der Waals surface area contributed by atoms with Gasteiger partial charge in [0.25, 0.3) is 0 Å². The van der Waals surface area contributed by atoms with E-state index in [2.05, 4.69) is 20.6 Å². The number of hydrogen-bond acceptors (Lipinski definition) is 7. The van der Waals surface area contributed by atoms with Crippen LogP contribution in [0, 0.1) is 5.41 Å². The highest BCUT2D eigenvalue weighted by Gasteiger charge is 2.46. The Labute approximate surface area is 228 Å². The summed E-state index contributed by atoms with van der Waals surface area (Å²) >= 11 is 0. The van der Waals surface area contributed by atoms with E-state index in [0.29, 0.717) is 5.92 Å². The molecule has 10 nitrogen and oxygen atoms in total. The average molecular weight is 535 g/mol. The summed E-state index contributed by atoms with van der Waals surface area (Å²) in [7, 11) is 0. The number of nitrogens with one attached hydrogen (secondary N) is 1. The van der Waals surface area contributed by atoms with Crippen molar-refractivity contribution in [2.45, 2.75) is 102 Å². The van der Waals surface area contributed by atoms with Gasteiger partial charge >= 0.3 is 0 Å². The topological polar surface area (TPSA) is 126 Å². The molecule has 3 fully saturated rings. The van der Waals surface area contributed by atoms with E-state index < -0.39 is 23.6 Å². The summed E-state index contributed by atoms with van der Waals surface area (Å²) in [6.07, 6.45) is 6.94. The number of aliphatic hydroxyl groups excluding tert-OH is 1. The van der Waals surface area contributed by atoms with Gasteiger partial charge in [0, 0.05) is 37.0 Å². The van der Waals surface area contributed by atoms with Crippen LogP contribution in [-0.4, -0.2) is 66.5 Å². The molecule has 2 amide bonds. The Hall–Kier alpha value is -3.27. The number of likely N-dealkylation sites (tertiary alicyclic amines) is 1. The molecule has 208 valence electrons. The minimum Gasteiger partial charge on any atom is -0.440 e. The largest absolute Gasteiger partial charge is 0.440 e. The Morgan fingerprint density at radius 3 is 2.49 bits per heavy atom. The zero-order chi connectivity index (χ0) is 27.3. The molecule has 2 saturated carbocycles. The Bertz CT molecular complexity index is 1310. The van der Waals surface area contributed by atoms with Crippen LogP contribution < -0.4 is 5.32 Å². The first-order valence-electron chi connectivity index (χ1n) is 14.2. The van der Waals surface area contributed by atoms with Crippen LogP contribution in [-0.2, 0) is 9.59 Å². The molecule has 3 atom stereocenters. The second-order valence-electron chi connectivity index (χ2n) is 12.6. The molecule has 1 aliphatic heterocycles. The first-order valence-corrected chi connectivity index (χ1v) is 14.2. The quantitative estimate of drug-likeness (QED) is 0.494. The summed E-state index contributed by atoms with van der Waals surface area (Å²) in [5.41, 5.74) is 2.14. The molecule has 2 aliphatic carbocycles. The third-order valence-electron chi connectivity index (χ3n) is 8.44. The highest BCUT2D eigenvalue weighted by Crippen LogP contribution is 2.40. The maximum absolute atomic E-state index is 13.9. The van der Waals surface area contributed by atoms with Crippen molar-refractivity contribution in [1.29, 1.82) is 0 Å². The van der Waals surface area contributed by atoms with Gasteiger partial charge in [0.05, 0.1) is 11.8 Å². The van der Waals surface area contributed by atoms with E-state index in [-0.39, 0.29) is 36.7 Å². The number of hydrogen-bond donors (Lipinski definition) is 2. The number of oxazole rings is 1. The lowest BCUT2D eigenvalue weighted by Gasteiger charge is -2.35. The number of nitrogens with zero attached hydrogens (tertiary/aromatic N) is 5. The first-order chi connectivity index (χ1) is 18.7. The predicted molar refractivity (Wildman–Crippen MR) is 144 cm³/mol. The van der Waals surface area contributed by atoms with E-state index in [1.165, 1.54) is 0 Å². The minimum absolute atomic E-state index is 0.0163. The van der Waals surface area contributed by atoms with Crippen LogP contribution in [0.25, 0.3) is 11.1 Å². The maximum Gasteiger partial charge on any atom is 0.248 e. The van der Waals surface area contributed by atoms with Gasteiger partial charge in [0.1, 0.15) is 17.6 Å². The number of carbonyl (C=O) groups excluding carboxylic acids is 2. The van der Waals surface area contributed by atoms with Gasteiger partial charge in [-0.1, -0.05) is 38.1 Å². The van der Waals surface area contributed by atoms with Gasteiger partial charge in [-0.15, -0.1) is 5.10 Å². The smallest absolute Gasteiger partial charge is 0.248 e. The molecule has 3 heterocycles. The molecule has 6 rings (SSSR count). The molecule has 0 radical (unpaired) electrons. The van der Waals surface area contributed by atoms with E-state index in [1.54, 1.807) is 9.58 Å². The van der Waals surface area contributed by atoms with Crippen molar-refractivity contribution in [3.8, 4) is 0 Å². The Balaban J connectivity index is 1.11. The monoisotopic (exact) mass is 534 g/mol. The van der Waals surface area contributed by atoms with Crippen molar-refractivity contribution >= 4 is 22.9 Å². The Morgan fingerprint density at radius 1 is 1.08 bits per heavy atom. The van der Waals surface area contributed by atoms with Crippen LogP contribution in [0.3, 0.4) is 0 Å². The van der Waals surface area contributed by atoms with Gasteiger partial charge < -0.3 is 19.7 Å². The highest BCUT2D eigenvalue weighted by molar-refractivity contribution is 5.90. The number of rotatable bonds is 6. The normalized spacial score (nSPS) is 26.6. The lowest BCUT2D eigenvalue weighted by Crippen LogP contribution is -2.52. The van der Waals surface area contributed by atoms with Crippen molar-refractivity contribution in [3.05, 3.63) is 42.0 Å². The van der Waals surface area contributed by atoms with Crippen molar-refractivity contribution in [2.24, 2.45) is 5.41 Å². The maximum atomic E-state index is 13.9. The molecule has 2 N–H and O–H groups in total. The van der Waals surface area contributed by atoms with Gasteiger partial charge in [-0.2, -0.15) is 0 Å². The van der Waals surface area contributed by atoms with E-state index in [1.807, 2.05) is 51.2 Å².